The van der Waals surface area contributed by atoms with Gasteiger partial charge in [0.2, 0.25) is 0 Å². The van der Waals surface area contributed by atoms with Gasteiger partial charge in [0.05, 0.1) is 0 Å². The molecule has 0 bridgehead atoms. The van der Waals surface area contributed by atoms with Gasteiger partial charge in [-0.25, -0.2) is 8.78 Å². The van der Waals surface area contributed by atoms with E-state index in [1.165, 1.54) is 6.07 Å². The molecular formula is C15H11BrF2O. The molecule has 2 aromatic rings. The highest BCUT2D eigenvalue weighted by molar-refractivity contribution is 9.10. The molecule has 98 valence electrons. The summed E-state index contributed by atoms with van der Waals surface area (Å²) in [4.78, 5) is 12.1. The van der Waals surface area contributed by atoms with Crippen molar-refractivity contribution in [3.8, 4) is 0 Å². The monoisotopic (exact) mass is 324 g/mol. The summed E-state index contributed by atoms with van der Waals surface area (Å²) in [7, 11) is 0. The number of halogens is 3. The minimum absolute atomic E-state index is 0.194. The molecule has 0 saturated carbocycles. The van der Waals surface area contributed by atoms with Gasteiger partial charge in [0, 0.05) is 22.0 Å². The van der Waals surface area contributed by atoms with Crippen molar-refractivity contribution in [3.05, 3.63) is 69.2 Å². The first-order valence-electron chi connectivity index (χ1n) is 5.71. The van der Waals surface area contributed by atoms with Crippen molar-refractivity contribution < 1.29 is 13.6 Å². The van der Waals surface area contributed by atoms with Crippen LogP contribution in [0.25, 0.3) is 0 Å². The van der Waals surface area contributed by atoms with Crippen LogP contribution in [0.15, 0.2) is 40.9 Å². The molecule has 0 amide bonds. The van der Waals surface area contributed by atoms with Crippen LogP contribution in [0.2, 0.25) is 0 Å². The van der Waals surface area contributed by atoms with Gasteiger partial charge in [-0.05, 0) is 36.8 Å². The molecule has 1 nitrogen and oxygen atoms in total. The highest BCUT2D eigenvalue weighted by Crippen LogP contribution is 2.22. The van der Waals surface area contributed by atoms with Crippen molar-refractivity contribution in [1.29, 1.82) is 0 Å². The van der Waals surface area contributed by atoms with Crippen molar-refractivity contribution in [2.45, 2.75) is 13.3 Å². The standard InChI is InChI=1S/C15H11BrF2O/c1-9-5-6-10(12(16)7-9)15(19)8-11-13(17)3-2-4-14(11)18/h2-7H,8H2,1H3. The average molecular weight is 325 g/mol. The molecule has 0 aliphatic carbocycles. The lowest BCUT2D eigenvalue weighted by molar-refractivity contribution is 0.0990. The predicted molar refractivity (Wildman–Crippen MR) is 73.3 cm³/mol. The number of Topliss-reactive ketones (excluding diaryl/α,β-unsaturated/α-hetero) is 1. The third-order valence-corrected chi connectivity index (χ3v) is 3.48. The van der Waals surface area contributed by atoms with Crippen molar-refractivity contribution in [3.63, 3.8) is 0 Å². The number of benzene rings is 2. The summed E-state index contributed by atoms with van der Waals surface area (Å²) in [5.41, 5.74) is 1.23. The summed E-state index contributed by atoms with van der Waals surface area (Å²) in [5, 5.41) is 0. The Bertz CT molecular complexity index is 618. The number of hydrogen-bond acceptors (Lipinski definition) is 1. The number of hydrogen-bond donors (Lipinski definition) is 0. The van der Waals surface area contributed by atoms with E-state index >= 15 is 0 Å². The summed E-state index contributed by atoms with van der Waals surface area (Å²) < 4.78 is 27.6. The Balaban J connectivity index is 2.31. The molecule has 0 heterocycles. The van der Waals surface area contributed by atoms with E-state index in [0.717, 1.165) is 17.7 Å². The quantitative estimate of drug-likeness (QED) is 0.762. The molecule has 0 spiro atoms. The lowest BCUT2D eigenvalue weighted by Crippen LogP contribution is -2.08. The summed E-state index contributed by atoms with van der Waals surface area (Å²) in [5.74, 6) is -1.72. The highest BCUT2D eigenvalue weighted by Gasteiger charge is 2.16. The Morgan fingerprint density at radius 3 is 2.37 bits per heavy atom. The second-order valence-corrected chi connectivity index (χ2v) is 5.14. The van der Waals surface area contributed by atoms with E-state index in [9.17, 15) is 13.6 Å². The molecule has 0 N–H and O–H groups in total. The van der Waals surface area contributed by atoms with Crippen molar-refractivity contribution >= 4 is 21.7 Å². The Hall–Kier alpha value is -1.55. The summed E-state index contributed by atoms with van der Waals surface area (Å²) in [6, 6.07) is 8.81. The van der Waals surface area contributed by atoms with Gasteiger partial charge >= 0.3 is 0 Å². The van der Waals surface area contributed by atoms with E-state index in [2.05, 4.69) is 15.9 Å². The van der Waals surface area contributed by atoms with E-state index in [1.54, 1.807) is 18.2 Å². The third kappa shape index (κ3) is 3.07. The molecule has 0 unspecified atom stereocenters. The summed E-state index contributed by atoms with van der Waals surface area (Å²) in [6.45, 7) is 1.90. The molecule has 0 saturated heterocycles. The molecule has 0 radical (unpaired) electrons. The van der Waals surface area contributed by atoms with Gasteiger partial charge < -0.3 is 0 Å². The van der Waals surface area contributed by atoms with Gasteiger partial charge in [-0.15, -0.1) is 0 Å². The maximum Gasteiger partial charge on any atom is 0.168 e. The van der Waals surface area contributed by atoms with Gasteiger partial charge in [-0.3, -0.25) is 4.79 Å². The largest absolute Gasteiger partial charge is 0.294 e. The Kier molecular flexibility index (Phi) is 4.10. The molecule has 0 fully saturated rings. The molecule has 0 atom stereocenters. The zero-order valence-corrected chi connectivity index (χ0v) is 11.8. The second kappa shape index (κ2) is 5.61. The fourth-order valence-electron chi connectivity index (χ4n) is 1.80. The number of carbonyl (C=O) groups is 1. The molecule has 0 aromatic heterocycles. The van der Waals surface area contributed by atoms with E-state index in [-0.39, 0.29) is 17.8 Å². The maximum atomic E-state index is 13.5. The van der Waals surface area contributed by atoms with Crippen molar-refractivity contribution in [2.75, 3.05) is 0 Å². The van der Waals surface area contributed by atoms with Gasteiger partial charge in [-0.1, -0.05) is 28.1 Å². The van der Waals surface area contributed by atoms with Gasteiger partial charge in [-0.2, -0.15) is 0 Å². The first-order valence-corrected chi connectivity index (χ1v) is 6.50. The maximum absolute atomic E-state index is 13.5. The minimum Gasteiger partial charge on any atom is -0.294 e. The zero-order chi connectivity index (χ0) is 14.0. The molecule has 2 rings (SSSR count). The highest BCUT2D eigenvalue weighted by atomic mass is 79.9. The van der Waals surface area contributed by atoms with Gasteiger partial charge in [0.25, 0.3) is 0 Å². The number of rotatable bonds is 3. The zero-order valence-electron chi connectivity index (χ0n) is 10.2. The van der Waals surface area contributed by atoms with Crippen LogP contribution in [0.5, 0.6) is 0 Å². The first-order chi connectivity index (χ1) is 8.99. The number of ketones is 1. The van der Waals surface area contributed by atoms with E-state index in [0.29, 0.717) is 10.0 Å². The van der Waals surface area contributed by atoms with Crippen LogP contribution in [-0.4, -0.2) is 5.78 Å². The fourth-order valence-corrected chi connectivity index (χ4v) is 2.52. The van der Waals surface area contributed by atoms with E-state index in [1.807, 2.05) is 6.92 Å². The second-order valence-electron chi connectivity index (χ2n) is 4.28. The van der Waals surface area contributed by atoms with Crippen LogP contribution in [-0.2, 0) is 6.42 Å². The van der Waals surface area contributed by atoms with Crippen LogP contribution >= 0.6 is 15.9 Å². The van der Waals surface area contributed by atoms with E-state index < -0.39 is 11.6 Å². The topological polar surface area (TPSA) is 17.1 Å². The molecule has 0 aliphatic heterocycles. The molecular weight excluding hydrogens is 314 g/mol. The normalized spacial score (nSPS) is 10.5. The Labute approximate surface area is 118 Å². The van der Waals surface area contributed by atoms with Crippen LogP contribution in [0, 0.1) is 18.6 Å². The van der Waals surface area contributed by atoms with Crippen LogP contribution < -0.4 is 0 Å². The van der Waals surface area contributed by atoms with Crippen LogP contribution in [0.4, 0.5) is 8.78 Å². The predicted octanol–water partition coefficient (Wildman–Crippen LogP) is 4.46. The smallest absolute Gasteiger partial charge is 0.168 e. The lowest BCUT2D eigenvalue weighted by atomic mass is 10.0. The fraction of sp³-hybridized carbons (Fsp3) is 0.133. The van der Waals surface area contributed by atoms with Crippen LogP contribution in [0.1, 0.15) is 21.5 Å². The van der Waals surface area contributed by atoms with Crippen molar-refractivity contribution in [2.24, 2.45) is 0 Å². The Morgan fingerprint density at radius 1 is 1.16 bits per heavy atom. The molecule has 19 heavy (non-hydrogen) atoms. The Morgan fingerprint density at radius 2 is 1.79 bits per heavy atom. The first kappa shape index (κ1) is 13.9. The molecule has 2 aromatic carbocycles. The van der Waals surface area contributed by atoms with Gasteiger partial charge in [0.15, 0.2) is 5.78 Å². The third-order valence-electron chi connectivity index (χ3n) is 2.82. The lowest BCUT2D eigenvalue weighted by Gasteiger charge is -2.07. The van der Waals surface area contributed by atoms with E-state index in [4.69, 9.17) is 0 Å². The summed E-state index contributed by atoms with van der Waals surface area (Å²) >= 11 is 3.29. The average Bonchev–Trinajstić information content (AvgIpc) is 2.33. The minimum atomic E-state index is -0.698. The summed E-state index contributed by atoms with van der Waals surface area (Å²) in [6.07, 6.45) is -0.292. The van der Waals surface area contributed by atoms with Crippen LogP contribution in [0.3, 0.4) is 0 Å². The molecule has 0 aliphatic rings. The molecule has 4 heteroatoms. The van der Waals surface area contributed by atoms with Gasteiger partial charge in [0.1, 0.15) is 11.6 Å². The van der Waals surface area contributed by atoms with Crippen molar-refractivity contribution in [1.82, 2.24) is 0 Å². The number of carbonyl (C=O) groups excluding carboxylic acids is 1. The SMILES string of the molecule is Cc1ccc(C(=O)Cc2c(F)cccc2F)c(Br)c1. The number of aryl methyl sites for hydroxylation is 1.